The fraction of sp³-hybridized carbons (Fsp3) is 0.545. The molecular formula is C11H18N2O2. The fourth-order valence-corrected chi connectivity index (χ4v) is 1.34. The van der Waals surface area contributed by atoms with Crippen LogP contribution in [0.15, 0.2) is 18.2 Å². The number of nitrogens with one attached hydrogen (secondary N) is 1. The minimum Gasteiger partial charge on any atom is -0.481 e. The van der Waals surface area contributed by atoms with Gasteiger partial charge >= 0.3 is 0 Å². The van der Waals surface area contributed by atoms with Gasteiger partial charge in [-0.05, 0) is 19.9 Å². The number of nitrogens with zero attached hydrogens (tertiary/aromatic N) is 1. The lowest BCUT2D eigenvalue weighted by Gasteiger charge is -2.25. The Balaban J connectivity index is 2.71. The second kappa shape index (κ2) is 4.98. The molecule has 4 nitrogen and oxygen atoms in total. The quantitative estimate of drug-likeness (QED) is 0.806. The van der Waals surface area contributed by atoms with Gasteiger partial charge in [-0.2, -0.15) is 4.98 Å². The van der Waals surface area contributed by atoms with Crippen molar-refractivity contribution in [1.82, 2.24) is 4.98 Å². The molecule has 0 aliphatic heterocycles. The molecule has 0 saturated heterocycles. The molecule has 1 aromatic heterocycles. The molecule has 0 unspecified atom stereocenters. The first kappa shape index (κ1) is 11.8. The summed E-state index contributed by atoms with van der Waals surface area (Å²) in [6.07, 6.45) is 0. The topological polar surface area (TPSA) is 43.4 Å². The summed E-state index contributed by atoms with van der Waals surface area (Å²) in [6.45, 7) is 4.72. The van der Waals surface area contributed by atoms with Gasteiger partial charge in [-0.25, -0.2) is 0 Å². The third-order valence-corrected chi connectivity index (χ3v) is 1.90. The first-order chi connectivity index (χ1) is 7.07. The van der Waals surface area contributed by atoms with Crippen LogP contribution in [-0.2, 0) is 4.74 Å². The van der Waals surface area contributed by atoms with Crippen LogP contribution in [0.1, 0.15) is 13.8 Å². The highest BCUT2D eigenvalue weighted by Crippen LogP contribution is 2.16. The van der Waals surface area contributed by atoms with Gasteiger partial charge in [0.15, 0.2) is 0 Å². The second-order valence-electron chi connectivity index (χ2n) is 4.01. The van der Waals surface area contributed by atoms with Crippen LogP contribution in [0.4, 0.5) is 5.82 Å². The van der Waals surface area contributed by atoms with Crippen LogP contribution in [0.25, 0.3) is 0 Å². The lowest BCUT2D eigenvalue weighted by atomic mass is 10.1. The number of methoxy groups -OCH3 is 2. The van der Waals surface area contributed by atoms with Crippen molar-refractivity contribution in [3.05, 3.63) is 18.2 Å². The van der Waals surface area contributed by atoms with Gasteiger partial charge in [-0.1, -0.05) is 6.07 Å². The number of pyridine rings is 1. The van der Waals surface area contributed by atoms with Crippen molar-refractivity contribution in [1.29, 1.82) is 0 Å². The summed E-state index contributed by atoms with van der Waals surface area (Å²) in [5, 5.41) is 3.28. The minimum atomic E-state index is -0.145. The van der Waals surface area contributed by atoms with E-state index in [1.807, 2.05) is 18.2 Å². The van der Waals surface area contributed by atoms with Crippen molar-refractivity contribution in [2.24, 2.45) is 0 Å². The summed E-state index contributed by atoms with van der Waals surface area (Å²) in [5.41, 5.74) is -0.145. The van der Waals surface area contributed by atoms with Gasteiger partial charge < -0.3 is 14.8 Å². The first-order valence-corrected chi connectivity index (χ1v) is 4.85. The fourth-order valence-electron chi connectivity index (χ4n) is 1.34. The largest absolute Gasteiger partial charge is 0.481 e. The molecule has 0 aliphatic rings. The molecule has 0 saturated carbocycles. The van der Waals surface area contributed by atoms with Crippen molar-refractivity contribution in [2.75, 3.05) is 26.1 Å². The van der Waals surface area contributed by atoms with Crippen LogP contribution in [0, 0.1) is 0 Å². The standard InChI is InChI=1S/C11H18N2O2/c1-11(2,8-14-3)13-9-6-5-7-10(12-9)15-4/h5-7H,8H2,1-4H3,(H,12,13). The van der Waals surface area contributed by atoms with Gasteiger partial charge in [0.25, 0.3) is 0 Å². The summed E-state index contributed by atoms with van der Waals surface area (Å²) >= 11 is 0. The van der Waals surface area contributed by atoms with Crippen LogP contribution in [0.3, 0.4) is 0 Å². The second-order valence-corrected chi connectivity index (χ2v) is 4.01. The normalized spacial score (nSPS) is 11.2. The Morgan fingerprint density at radius 3 is 2.67 bits per heavy atom. The van der Waals surface area contributed by atoms with E-state index < -0.39 is 0 Å². The molecule has 0 spiro atoms. The van der Waals surface area contributed by atoms with Gasteiger partial charge in [0.1, 0.15) is 5.82 Å². The van der Waals surface area contributed by atoms with Gasteiger partial charge in [0, 0.05) is 13.2 Å². The molecular weight excluding hydrogens is 192 g/mol. The molecule has 4 heteroatoms. The lowest BCUT2D eigenvalue weighted by Crippen LogP contribution is -2.36. The van der Waals surface area contributed by atoms with Crippen LogP contribution >= 0.6 is 0 Å². The molecule has 0 aromatic carbocycles. The number of rotatable bonds is 5. The van der Waals surface area contributed by atoms with E-state index in [0.29, 0.717) is 12.5 Å². The van der Waals surface area contributed by atoms with Crippen LogP contribution < -0.4 is 10.1 Å². The molecule has 84 valence electrons. The van der Waals surface area contributed by atoms with E-state index in [4.69, 9.17) is 9.47 Å². The van der Waals surface area contributed by atoms with Crippen molar-refractivity contribution in [3.8, 4) is 5.88 Å². The maximum atomic E-state index is 5.11. The summed E-state index contributed by atoms with van der Waals surface area (Å²) in [4.78, 5) is 4.27. The molecule has 1 rings (SSSR count). The van der Waals surface area contributed by atoms with Gasteiger partial charge in [-0.3, -0.25) is 0 Å². The molecule has 0 radical (unpaired) electrons. The smallest absolute Gasteiger partial charge is 0.214 e. The Morgan fingerprint density at radius 1 is 1.33 bits per heavy atom. The molecule has 0 fully saturated rings. The molecule has 1 N–H and O–H groups in total. The Bertz CT molecular complexity index is 313. The van der Waals surface area contributed by atoms with E-state index in [-0.39, 0.29) is 5.54 Å². The van der Waals surface area contributed by atoms with Crippen molar-refractivity contribution < 1.29 is 9.47 Å². The van der Waals surface area contributed by atoms with Gasteiger partial charge in [0.05, 0.1) is 19.3 Å². The summed E-state index contributed by atoms with van der Waals surface area (Å²) in [7, 11) is 3.29. The third-order valence-electron chi connectivity index (χ3n) is 1.90. The van der Waals surface area contributed by atoms with Crippen molar-refractivity contribution in [3.63, 3.8) is 0 Å². The Labute approximate surface area is 90.6 Å². The summed E-state index contributed by atoms with van der Waals surface area (Å²) in [6, 6.07) is 5.62. The number of aromatic nitrogens is 1. The molecule has 1 heterocycles. The first-order valence-electron chi connectivity index (χ1n) is 4.85. The molecule has 0 aliphatic carbocycles. The average Bonchev–Trinajstić information content (AvgIpc) is 2.17. The van der Waals surface area contributed by atoms with Gasteiger partial charge in [-0.15, -0.1) is 0 Å². The zero-order valence-corrected chi connectivity index (χ0v) is 9.70. The highest BCUT2D eigenvalue weighted by molar-refractivity contribution is 5.39. The number of ether oxygens (including phenoxy) is 2. The lowest BCUT2D eigenvalue weighted by molar-refractivity contribution is 0.158. The monoisotopic (exact) mass is 210 g/mol. The average molecular weight is 210 g/mol. The maximum Gasteiger partial charge on any atom is 0.214 e. The Morgan fingerprint density at radius 2 is 2.07 bits per heavy atom. The van der Waals surface area contributed by atoms with E-state index in [1.54, 1.807) is 14.2 Å². The Hall–Kier alpha value is -1.29. The van der Waals surface area contributed by atoms with Crippen LogP contribution in [-0.4, -0.2) is 31.3 Å². The zero-order valence-electron chi connectivity index (χ0n) is 9.70. The number of hydrogen-bond donors (Lipinski definition) is 1. The van der Waals surface area contributed by atoms with E-state index in [0.717, 1.165) is 5.82 Å². The van der Waals surface area contributed by atoms with E-state index in [9.17, 15) is 0 Å². The highest BCUT2D eigenvalue weighted by Gasteiger charge is 2.17. The molecule has 0 bridgehead atoms. The highest BCUT2D eigenvalue weighted by atomic mass is 16.5. The van der Waals surface area contributed by atoms with Crippen LogP contribution in [0.2, 0.25) is 0 Å². The third kappa shape index (κ3) is 3.75. The number of anilines is 1. The Kier molecular flexibility index (Phi) is 3.91. The van der Waals surface area contributed by atoms with Crippen molar-refractivity contribution in [2.45, 2.75) is 19.4 Å². The van der Waals surface area contributed by atoms with Crippen molar-refractivity contribution >= 4 is 5.82 Å². The molecule has 0 amide bonds. The predicted octanol–water partition coefficient (Wildman–Crippen LogP) is 1.93. The van der Waals surface area contributed by atoms with Gasteiger partial charge in [0.2, 0.25) is 5.88 Å². The van der Waals surface area contributed by atoms with E-state index in [2.05, 4.69) is 24.1 Å². The minimum absolute atomic E-state index is 0.145. The predicted molar refractivity (Wildman–Crippen MR) is 60.4 cm³/mol. The van der Waals surface area contributed by atoms with E-state index in [1.165, 1.54) is 0 Å². The summed E-state index contributed by atoms with van der Waals surface area (Å²) < 4.78 is 10.2. The number of hydrogen-bond acceptors (Lipinski definition) is 4. The van der Waals surface area contributed by atoms with Crippen LogP contribution in [0.5, 0.6) is 5.88 Å². The molecule has 15 heavy (non-hydrogen) atoms. The summed E-state index contributed by atoms with van der Waals surface area (Å²) in [5.74, 6) is 1.39. The maximum absolute atomic E-state index is 5.11. The van der Waals surface area contributed by atoms with E-state index >= 15 is 0 Å². The molecule has 0 atom stereocenters. The zero-order chi connectivity index (χ0) is 11.3. The molecule has 1 aromatic rings. The SMILES string of the molecule is COCC(C)(C)Nc1cccc(OC)n1.